The Hall–Kier alpha value is -2.79. The number of hydrogen-bond donors (Lipinski definition) is 1. The Bertz CT molecular complexity index is 576. The van der Waals surface area contributed by atoms with Crippen LogP contribution in [0.5, 0.6) is 0 Å². The van der Waals surface area contributed by atoms with Crippen molar-refractivity contribution in [1.82, 2.24) is 0 Å². The quantitative estimate of drug-likeness (QED) is 0.660. The maximum absolute atomic E-state index is 11.6. The standard InChI is InChI=1S/C14H13N3O2/c1-3-19-14(18)13-5-4-12(6-10(13)2)17-9-11(7-15)8-16/h4-6,9,17H,3H2,1-2H3. The SMILES string of the molecule is CCOC(=O)c1ccc(NC=C(C#N)C#N)cc1C. The van der Waals surface area contributed by atoms with E-state index in [1.54, 1.807) is 44.2 Å². The number of carbonyl (C=O) groups excluding carboxylic acids is 1. The van der Waals surface area contributed by atoms with Crippen LogP contribution in [0.2, 0.25) is 0 Å². The van der Waals surface area contributed by atoms with Crippen LogP contribution in [0.3, 0.4) is 0 Å². The first-order chi connectivity index (χ1) is 9.12. The summed E-state index contributed by atoms with van der Waals surface area (Å²) < 4.78 is 4.92. The number of anilines is 1. The van der Waals surface area contributed by atoms with Gasteiger partial charge in [0.25, 0.3) is 0 Å². The smallest absolute Gasteiger partial charge is 0.338 e. The van der Waals surface area contributed by atoms with E-state index in [0.717, 1.165) is 5.56 Å². The summed E-state index contributed by atoms with van der Waals surface area (Å²) in [6, 6.07) is 8.56. The number of rotatable bonds is 4. The molecule has 0 aliphatic heterocycles. The highest BCUT2D eigenvalue weighted by atomic mass is 16.5. The Balaban J connectivity index is 2.90. The Morgan fingerprint density at radius 1 is 1.42 bits per heavy atom. The second kappa shape index (κ2) is 6.83. The first-order valence-corrected chi connectivity index (χ1v) is 5.67. The first kappa shape index (κ1) is 14.3. The normalized spacial score (nSPS) is 8.84. The predicted octanol–water partition coefficient (Wildman–Crippen LogP) is 2.51. The van der Waals surface area contributed by atoms with Crippen molar-refractivity contribution in [3.63, 3.8) is 0 Å². The lowest BCUT2D eigenvalue weighted by Crippen LogP contribution is -2.06. The molecule has 1 aromatic carbocycles. The average molecular weight is 255 g/mol. The van der Waals surface area contributed by atoms with E-state index >= 15 is 0 Å². The van der Waals surface area contributed by atoms with Crippen molar-refractivity contribution < 1.29 is 9.53 Å². The molecule has 0 spiro atoms. The van der Waals surface area contributed by atoms with Gasteiger partial charge >= 0.3 is 5.97 Å². The monoisotopic (exact) mass is 255 g/mol. The number of carbonyl (C=O) groups is 1. The van der Waals surface area contributed by atoms with Crippen molar-refractivity contribution in [2.45, 2.75) is 13.8 Å². The van der Waals surface area contributed by atoms with Crippen LogP contribution in [-0.4, -0.2) is 12.6 Å². The number of esters is 1. The van der Waals surface area contributed by atoms with Gasteiger partial charge in [-0.15, -0.1) is 0 Å². The number of hydrogen-bond acceptors (Lipinski definition) is 5. The number of aryl methyl sites for hydroxylation is 1. The van der Waals surface area contributed by atoms with Crippen LogP contribution in [0.25, 0.3) is 0 Å². The molecule has 0 heterocycles. The average Bonchev–Trinajstić information content (AvgIpc) is 2.40. The van der Waals surface area contributed by atoms with Gasteiger partial charge in [-0.1, -0.05) is 0 Å². The van der Waals surface area contributed by atoms with Gasteiger partial charge in [0.2, 0.25) is 0 Å². The maximum atomic E-state index is 11.6. The molecule has 0 unspecified atom stereocenters. The van der Waals surface area contributed by atoms with Gasteiger partial charge in [-0.3, -0.25) is 0 Å². The summed E-state index contributed by atoms with van der Waals surface area (Å²) in [6.07, 6.45) is 1.32. The van der Waals surface area contributed by atoms with Crippen LogP contribution in [0.1, 0.15) is 22.8 Å². The fourth-order valence-electron chi connectivity index (χ4n) is 1.44. The number of ether oxygens (including phenoxy) is 1. The summed E-state index contributed by atoms with van der Waals surface area (Å²) >= 11 is 0. The largest absolute Gasteiger partial charge is 0.462 e. The van der Waals surface area contributed by atoms with E-state index in [4.69, 9.17) is 15.3 Å². The molecule has 0 saturated heterocycles. The van der Waals surface area contributed by atoms with Crippen molar-refractivity contribution in [3.8, 4) is 12.1 Å². The molecular formula is C14H13N3O2. The summed E-state index contributed by atoms with van der Waals surface area (Å²) in [6.45, 7) is 3.87. The van der Waals surface area contributed by atoms with Crippen LogP contribution in [0.15, 0.2) is 30.0 Å². The Kier molecular flexibility index (Phi) is 5.13. The number of benzene rings is 1. The lowest BCUT2D eigenvalue weighted by Gasteiger charge is -2.07. The molecule has 0 atom stereocenters. The van der Waals surface area contributed by atoms with Crippen molar-refractivity contribution in [2.24, 2.45) is 0 Å². The summed E-state index contributed by atoms with van der Waals surface area (Å²) in [5.74, 6) is -0.364. The molecule has 0 amide bonds. The van der Waals surface area contributed by atoms with Crippen LogP contribution in [0, 0.1) is 29.6 Å². The molecule has 0 aromatic heterocycles. The van der Waals surface area contributed by atoms with Crippen LogP contribution in [-0.2, 0) is 4.74 Å². The Morgan fingerprint density at radius 3 is 2.63 bits per heavy atom. The third kappa shape index (κ3) is 3.86. The third-order valence-corrected chi connectivity index (χ3v) is 2.35. The molecule has 1 rings (SSSR count). The van der Waals surface area contributed by atoms with Crippen molar-refractivity contribution in [3.05, 3.63) is 41.1 Å². The maximum Gasteiger partial charge on any atom is 0.338 e. The zero-order valence-electron chi connectivity index (χ0n) is 10.7. The van der Waals surface area contributed by atoms with E-state index < -0.39 is 0 Å². The van der Waals surface area contributed by atoms with Gasteiger partial charge in [0.15, 0.2) is 0 Å². The molecule has 0 aliphatic rings. The van der Waals surface area contributed by atoms with Gasteiger partial charge in [0.05, 0.1) is 12.2 Å². The lowest BCUT2D eigenvalue weighted by atomic mass is 10.1. The van der Waals surface area contributed by atoms with Crippen molar-refractivity contribution in [2.75, 3.05) is 11.9 Å². The summed E-state index contributed by atoms with van der Waals surface area (Å²) in [7, 11) is 0. The first-order valence-electron chi connectivity index (χ1n) is 5.67. The summed E-state index contributed by atoms with van der Waals surface area (Å²) in [5.41, 5.74) is 1.92. The zero-order valence-corrected chi connectivity index (χ0v) is 10.7. The molecule has 0 radical (unpaired) electrons. The van der Waals surface area contributed by atoms with Crippen LogP contribution in [0.4, 0.5) is 5.69 Å². The van der Waals surface area contributed by atoms with Crippen molar-refractivity contribution in [1.29, 1.82) is 10.5 Å². The van der Waals surface area contributed by atoms with E-state index in [9.17, 15) is 4.79 Å². The van der Waals surface area contributed by atoms with E-state index in [-0.39, 0.29) is 11.5 Å². The van der Waals surface area contributed by atoms with Crippen LogP contribution >= 0.6 is 0 Å². The highest BCUT2D eigenvalue weighted by Gasteiger charge is 2.09. The van der Waals surface area contributed by atoms with Gasteiger partial charge in [-0.25, -0.2) is 4.79 Å². The molecule has 0 bridgehead atoms. The van der Waals surface area contributed by atoms with Gasteiger partial charge in [-0.05, 0) is 37.6 Å². The van der Waals surface area contributed by atoms with Gasteiger partial charge in [0, 0.05) is 11.9 Å². The minimum atomic E-state index is -0.364. The number of allylic oxidation sites excluding steroid dienone is 1. The molecule has 19 heavy (non-hydrogen) atoms. The molecule has 0 fully saturated rings. The predicted molar refractivity (Wildman–Crippen MR) is 70.1 cm³/mol. The number of nitrogens with one attached hydrogen (secondary N) is 1. The van der Waals surface area contributed by atoms with Gasteiger partial charge in [-0.2, -0.15) is 10.5 Å². The second-order valence-electron chi connectivity index (χ2n) is 3.68. The fourth-order valence-corrected chi connectivity index (χ4v) is 1.44. The molecule has 0 saturated carbocycles. The minimum absolute atomic E-state index is 0.0212. The number of nitriles is 2. The molecule has 5 heteroatoms. The summed E-state index contributed by atoms with van der Waals surface area (Å²) in [5, 5.41) is 20.0. The van der Waals surface area contributed by atoms with Crippen LogP contribution < -0.4 is 5.32 Å². The lowest BCUT2D eigenvalue weighted by molar-refractivity contribution is 0.0525. The summed E-state index contributed by atoms with van der Waals surface area (Å²) in [4.78, 5) is 11.6. The van der Waals surface area contributed by atoms with E-state index in [1.807, 2.05) is 0 Å². The molecule has 5 nitrogen and oxygen atoms in total. The number of nitrogens with zero attached hydrogens (tertiary/aromatic N) is 2. The Morgan fingerprint density at radius 2 is 2.11 bits per heavy atom. The van der Waals surface area contributed by atoms with E-state index in [1.165, 1.54) is 6.20 Å². The van der Waals surface area contributed by atoms with E-state index in [2.05, 4.69) is 5.32 Å². The molecular weight excluding hydrogens is 242 g/mol. The zero-order chi connectivity index (χ0) is 14.3. The van der Waals surface area contributed by atoms with Gasteiger partial charge < -0.3 is 10.1 Å². The van der Waals surface area contributed by atoms with Gasteiger partial charge in [0.1, 0.15) is 17.7 Å². The van der Waals surface area contributed by atoms with E-state index in [0.29, 0.717) is 17.9 Å². The minimum Gasteiger partial charge on any atom is -0.462 e. The highest BCUT2D eigenvalue weighted by Crippen LogP contribution is 2.16. The molecule has 0 aliphatic carbocycles. The highest BCUT2D eigenvalue weighted by molar-refractivity contribution is 5.91. The molecule has 1 N–H and O–H groups in total. The second-order valence-corrected chi connectivity index (χ2v) is 3.68. The Labute approximate surface area is 111 Å². The molecule has 1 aromatic rings. The van der Waals surface area contributed by atoms with Crippen molar-refractivity contribution >= 4 is 11.7 Å². The topological polar surface area (TPSA) is 85.9 Å². The third-order valence-electron chi connectivity index (χ3n) is 2.35. The molecule has 96 valence electrons. The fraction of sp³-hybridized carbons (Fsp3) is 0.214.